The number of hydrogen-bond acceptors (Lipinski definition) is 4. The second kappa shape index (κ2) is 13.0. The normalized spacial score (nSPS) is 19.0. The lowest BCUT2D eigenvalue weighted by atomic mass is 9.81. The molecule has 1 saturated heterocycles. The van der Waals surface area contributed by atoms with Gasteiger partial charge in [-0.05, 0) is 47.7 Å². The van der Waals surface area contributed by atoms with Crippen LogP contribution in [0.5, 0.6) is 0 Å². The SMILES string of the molecule is CCCCC(C(O)c1csc2ccccc12)C(CCCC)N1CCN(C(C)c2ccccc2)CC1. The molecule has 1 aromatic heterocycles. The van der Waals surface area contributed by atoms with Crippen molar-refractivity contribution in [3.8, 4) is 0 Å². The van der Waals surface area contributed by atoms with Crippen LogP contribution in [-0.2, 0) is 0 Å². The summed E-state index contributed by atoms with van der Waals surface area (Å²) in [4.78, 5) is 5.36. The number of thiophene rings is 1. The van der Waals surface area contributed by atoms with E-state index >= 15 is 0 Å². The van der Waals surface area contributed by atoms with Crippen LogP contribution >= 0.6 is 11.3 Å². The standard InChI is InChI=1S/C31H44N2OS/c1-4-6-15-27(31(34)28-23-35-30-18-12-11-16-26(28)30)29(17-7-5-2)33-21-19-32(20-22-33)24(3)25-13-9-8-10-14-25/h8-14,16,18,23-24,27,29,31,34H,4-7,15,17,19-22H2,1-3H3. The number of aliphatic hydroxyl groups excluding tert-OH is 1. The number of rotatable bonds is 12. The van der Waals surface area contributed by atoms with Gasteiger partial charge >= 0.3 is 0 Å². The van der Waals surface area contributed by atoms with Crippen LogP contribution in [0.4, 0.5) is 0 Å². The fourth-order valence-electron chi connectivity index (χ4n) is 5.94. The molecule has 0 spiro atoms. The van der Waals surface area contributed by atoms with Gasteiger partial charge in [-0.25, -0.2) is 0 Å². The van der Waals surface area contributed by atoms with Gasteiger partial charge in [-0.3, -0.25) is 9.80 Å². The molecule has 35 heavy (non-hydrogen) atoms. The van der Waals surface area contributed by atoms with Crippen molar-refractivity contribution >= 4 is 21.4 Å². The van der Waals surface area contributed by atoms with Crippen LogP contribution in [-0.4, -0.2) is 47.1 Å². The summed E-state index contributed by atoms with van der Waals surface area (Å²) in [6.45, 7) is 11.3. The number of benzene rings is 2. The van der Waals surface area contributed by atoms with E-state index in [4.69, 9.17) is 0 Å². The second-order valence-corrected chi connectivity index (χ2v) is 11.2. The highest BCUT2D eigenvalue weighted by atomic mass is 32.1. The fraction of sp³-hybridized carbons (Fsp3) is 0.548. The van der Waals surface area contributed by atoms with Gasteiger partial charge in [0.15, 0.2) is 0 Å². The van der Waals surface area contributed by atoms with Crippen LogP contribution in [0.2, 0.25) is 0 Å². The molecule has 2 heterocycles. The Morgan fingerprint density at radius 2 is 1.46 bits per heavy atom. The van der Waals surface area contributed by atoms with Crippen molar-refractivity contribution in [2.75, 3.05) is 26.2 Å². The molecule has 3 aromatic rings. The van der Waals surface area contributed by atoms with Crippen molar-refractivity contribution in [2.45, 2.75) is 77.5 Å². The van der Waals surface area contributed by atoms with E-state index in [1.165, 1.54) is 47.8 Å². The molecule has 0 saturated carbocycles. The summed E-state index contributed by atoms with van der Waals surface area (Å²) < 4.78 is 1.28. The van der Waals surface area contributed by atoms with Crippen LogP contribution in [0.1, 0.15) is 82.6 Å². The molecule has 1 N–H and O–H groups in total. The first kappa shape index (κ1) is 26.3. The first-order valence-electron chi connectivity index (χ1n) is 13.8. The van der Waals surface area contributed by atoms with Gasteiger partial charge in [-0.2, -0.15) is 0 Å². The summed E-state index contributed by atoms with van der Waals surface area (Å²) in [5, 5.41) is 15.3. The molecular formula is C31H44N2OS. The third kappa shape index (κ3) is 6.35. The van der Waals surface area contributed by atoms with Gasteiger partial charge in [-0.1, -0.05) is 88.1 Å². The average molecular weight is 493 g/mol. The van der Waals surface area contributed by atoms with Crippen LogP contribution in [0, 0.1) is 5.92 Å². The van der Waals surface area contributed by atoms with E-state index in [0.717, 1.165) is 38.2 Å². The molecule has 0 bridgehead atoms. The number of hydrogen-bond donors (Lipinski definition) is 1. The molecule has 4 unspecified atom stereocenters. The third-order valence-corrected chi connectivity index (χ3v) is 9.10. The number of fused-ring (bicyclic) bond motifs is 1. The van der Waals surface area contributed by atoms with Gasteiger partial charge in [0.1, 0.15) is 0 Å². The molecular weight excluding hydrogens is 448 g/mol. The summed E-state index contributed by atoms with van der Waals surface area (Å²) in [6.07, 6.45) is 6.66. The summed E-state index contributed by atoms with van der Waals surface area (Å²) in [5.41, 5.74) is 2.55. The predicted molar refractivity (Wildman–Crippen MR) is 151 cm³/mol. The molecule has 2 aromatic carbocycles. The molecule has 0 aliphatic carbocycles. The van der Waals surface area contributed by atoms with Gasteiger partial charge < -0.3 is 5.11 Å². The molecule has 1 fully saturated rings. The highest BCUT2D eigenvalue weighted by Crippen LogP contribution is 2.39. The van der Waals surface area contributed by atoms with Crippen molar-refractivity contribution < 1.29 is 5.11 Å². The van der Waals surface area contributed by atoms with E-state index in [-0.39, 0.29) is 5.92 Å². The Balaban J connectivity index is 1.52. The molecule has 4 atom stereocenters. The quantitative estimate of drug-likeness (QED) is 0.281. The number of unbranched alkanes of at least 4 members (excludes halogenated alkanes) is 2. The maximum absolute atomic E-state index is 11.9. The highest BCUT2D eigenvalue weighted by Gasteiger charge is 2.35. The van der Waals surface area contributed by atoms with Crippen molar-refractivity contribution in [3.63, 3.8) is 0 Å². The van der Waals surface area contributed by atoms with Crippen LogP contribution in [0.25, 0.3) is 10.1 Å². The zero-order valence-corrected chi connectivity index (χ0v) is 22.7. The maximum Gasteiger partial charge on any atom is 0.0847 e. The number of nitrogens with zero attached hydrogens (tertiary/aromatic N) is 2. The summed E-state index contributed by atoms with van der Waals surface area (Å²) in [5.74, 6) is 0.276. The Bertz CT molecular complexity index is 1010. The largest absolute Gasteiger partial charge is 0.388 e. The Labute approximate surface area is 216 Å². The molecule has 3 nitrogen and oxygen atoms in total. The van der Waals surface area contributed by atoms with Crippen LogP contribution < -0.4 is 0 Å². The smallest absolute Gasteiger partial charge is 0.0847 e. The van der Waals surface area contributed by atoms with Crippen molar-refractivity contribution in [1.29, 1.82) is 0 Å². The van der Waals surface area contributed by atoms with Crippen LogP contribution in [0.15, 0.2) is 60.0 Å². The van der Waals surface area contributed by atoms with Crippen molar-refractivity contribution in [2.24, 2.45) is 5.92 Å². The molecule has 4 rings (SSSR count). The molecule has 4 heteroatoms. The van der Waals surface area contributed by atoms with E-state index in [9.17, 15) is 5.11 Å². The van der Waals surface area contributed by atoms with E-state index in [2.05, 4.69) is 90.5 Å². The van der Waals surface area contributed by atoms with E-state index in [1.807, 2.05) is 0 Å². The van der Waals surface area contributed by atoms with Gasteiger partial charge in [-0.15, -0.1) is 11.3 Å². The van der Waals surface area contributed by atoms with E-state index in [1.54, 1.807) is 11.3 Å². The topological polar surface area (TPSA) is 26.7 Å². The minimum Gasteiger partial charge on any atom is -0.388 e. The van der Waals surface area contributed by atoms with E-state index in [0.29, 0.717) is 12.1 Å². The lowest BCUT2D eigenvalue weighted by molar-refractivity contribution is -0.00213. The van der Waals surface area contributed by atoms with Crippen molar-refractivity contribution in [3.05, 3.63) is 71.1 Å². The maximum atomic E-state index is 11.9. The zero-order valence-electron chi connectivity index (χ0n) is 21.9. The average Bonchev–Trinajstić information content (AvgIpc) is 3.35. The first-order valence-corrected chi connectivity index (χ1v) is 14.7. The number of piperazine rings is 1. The predicted octanol–water partition coefficient (Wildman–Crippen LogP) is 7.68. The Morgan fingerprint density at radius 3 is 2.17 bits per heavy atom. The summed E-state index contributed by atoms with van der Waals surface area (Å²) in [7, 11) is 0. The van der Waals surface area contributed by atoms with E-state index < -0.39 is 6.10 Å². The van der Waals surface area contributed by atoms with Gasteiger partial charge in [0.2, 0.25) is 0 Å². The second-order valence-electron chi connectivity index (χ2n) is 10.3. The number of aliphatic hydroxyl groups is 1. The minimum atomic E-state index is -0.402. The highest BCUT2D eigenvalue weighted by molar-refractivity contribution is 7.17. The Hall–Kier alpha value is -1.72. The minimum absolute atomic E-state index is 0.276. The summed E-state index contributed by atoms with van der Waals surface area (Å²) in [6, 6.07) is 20.4. The summed E-state index contributed by atoms with van der Waals surface area (Å²) >= 11 is 1.77. The zero-order chi connectivity index (χ0) is 24.6. The molecule has 190 valence electrons. The fourth-order valence-corrected chi connectivity index (χ4v) is 6.93. The van der Waals surface area contributed by atoms with Gasteiger partial charge in [0.25, 0.3) is 0 Å². The van der Waals surface area contributed by atoms with Crippen molar-refractivity contribution in [1.82, 2.24) is 9.80 Å². The van der Waals surface area contributed by atoms with Gasteiger partial charge in [0, 0.05) is 48.9 Å². The Morgan fingerprint density at radius 1 is 0.829 bits per heavy atom. The van der Waals surface area contributed by atoms with Gasteiger partial charge in [0.05, 0.1) is 6.10 Å². The molecule has 0 radical (unpaired) electrons. The molecule has 0 amide bonds. The Kier molecular flexibility index (Phi) is 9.79. The third-order valence-electron chi connectivity index (χ3n) is 8.12. The first-order chi connectivity index (χ1) is 17.1. The molecule has 1 aliphatic rings. The lowest BCUT2D eigenvalue weighted by Gasteiger charge is -2.45. The molecule has 1 aliphatic heterocycles. The monoisotopic (exact) mass is 492 g/mol. The lowest BCUT2D eigenvalue weighted by Crippen LogP contribution is -2.53. The van der Waals surface area contributed by atoms with Crippen LogP contribution in [0.3, 0.4) is 0 Å².